The van der Waals surface area contributed by atoms with Crippen LogP contribution in [0.25, 0.3) is 0 Å². The van der Waals surface area contributed by atoms with Crippen LogP contribution in [0.3, 0.4) is 0 Å². The Morgan fingerprint density at radius 2 is 1.63 bits per heavy atom. The van der Waals surface area contributed by atoms with E-state index < -0.39 is 0 Å². The van der Waals surface area contributed by atoms with Crippen LogP contribution in [-0.2, 0) is 0 Å². The Labute approximate surface area is 167 Å². The molecule has 3 rings (SSSR count). The monoisotopic (exact) mass is 400 g/mol. The first kappa shape index (κ1) is 19.5. The van der Waals surface area contributed by atoms with Gasteiger partial charge in [0.1, 0.15) is 11.6 Å². The quantitative estimate of drug-likeness (QED) is 0.330. The van der Waals surface area contributed by atoms with Gasteiger partial charge in [0.25, 0.3) is 0 Å². The zero-order valence-electron chi connectivity index (χ0n) is 14.7. The van der Waals surface area contributed by atoms with E-state index in [0.717, 1.165) is 10.5 Å². The number of methoxy groups -OCH3 is 1. The van der Waals surface area contributed by atoms with Gasteiger partial charge in [-0.25, -0.2) is 4.39 Å². The van der Waals surface area contributed by atoms with E-state index in [9.17, 15) is 9.18 Å². The highest BCUT2D eigenvalue weighted by Crippen LogP contribution is 2.39. The van der Waals surface area contributed by atoms with Gasteiger partial charge in [0.2, 0.25) is 0 Å². The number of Topliss-reactive ketones (excluding diaryl/α,β-unsaturated/α-hetero) is 1. The Balaban J connectivity index is 1.82. The number of hydrogen-bond acceptors (Lipinski definition) is 3. The van der Waals surface area contributed by atoms with Crippen molar-refractivity contribution < 1.29 is 13.9 Å². The van der Waals surface area contributed by atoms with E-state index in [-0.39, 0.29) is 16.9 Å². The lowest BCUT2D eigenvalue weighted by molar-refractivity contribution is 0.0982. The molecule has 0 amide bonds. The average Bonchev–Trinajstić information content (AvgIpc) is 2.70. The third-order valence-electron chi connectivity index (χ3n) is 4.12. The molecule has 0 saturated heterocycles. The smallest absolute Gasteiger partial charge is 0.164 e. The normalized spacial score (nSPS) is 11.8. The number of ether oxygens (including phenoxy) is 1. The summed E-state index contributed by atoms with van der Waals surface area (Å²) < 4.78 is 18.3. The van der Waals surface area contributed by atoms with Crippen molar-refractivity contribution in [3.05, 3.63) is 94.8 Å². The van der Waals surface area contributed by atoms with Crippen LogP contribution in [0.4, 0.5) is 4.39 Å². The molecule has 0 aromatic heterocycles. The number of carbonyl (C=O) groups is 1. The number of ketones is 1. The van der Waals surface area contributed by atoms with Crippen LogP contribution >= 0.6 is 23.4 Å². The Morgan fingerprint density at radius 1 is 1.00 bits per heavy atom. The number of carbonyl (C=O) groups excluding carboxylic acids is 1. The summed E-state index contributed by atoms with van der Waals surface area (Å²) in [7, 11) is 1.59. The van der Waals surface area contributed by atoms with E-state index in [0.29, 0.717) is 22.8 Å². The van der Waals surface area contributed by atoms with Gasteiger partial charge >= 0.3 is 0 Å². The van der Waals surface area contributed by atoms with E-state index in [2.05, 4.69) is 0 Å². The van der Waals surface area contributed by atoms with Crippen molar-refractivity contribution in [1.29, 1.82) is 0 Å². The molecule has 0 bridgehead atoms. The van der Waals surface area contributed by atoms with Crippen LogP contribution in [0, 0.1) is 5.82 Å². The number of rotatable bonds is 7. The minimum Gasteiger partial charge on any atom is -0.497 e. The molecule has 1 atom stereocenters. The van der Waals surface area contributed by atoms with E-state index >= 15 is 0 Å². The van der Waals surface area contributed by atoms with E-state index in [1.807, 2.05) is 24.3 Å². The summed E-state index contributed by atoms with van der Waals surface area (Å²) in [6, 6.07) is 20.8. The third kappa shape index (κ3) is 5.34. The van der Waals surface area contributed by atoms with Crippen LogP contribution in [0.2, 0.25) is 5.02 Å². The number of halogens is 2. The first-order valence-corrected chi connectivity index (χ1v) is 9.66. The van der Waals surface area contributed by atoms with Crippen molar-refractivity contribution in [2.75, 3.05) is 7.11 Å². The number of benzene rings is 3. The molecule has 0 radical (unpaired) electrons. The van der Waals surface area contributed by atoms with Gasteiger partial charge in [0, 0.05) is 27.2 Å². The van der Waals surface area contributed by atoms with Crippen LogP contribution in [0.5, 0.6) is 5.75 Å². The Hall–Kier alpha value is -2.30. The second kappa shape index (κ2) is 9.07. The maximum Gasteiger partial charge on any atom is 0.164 e. The molecule has 0 aliphatic carbocycles. The largest absolute Gasteiger partial charge is 0.497 e. The summed E-state index contributed by atoms with van der Waals surface area (Å²) in [5, 5.41) is 0.535. The van der Waals surface area contributed by atoms with Gasteiger partial charge in [-0.1, -0.05) is 23.7 Å². The highest BCUT2D eigenvalue weighted by Gasteiger charge is 2.19. The SMILES string of the molecule is COc1ccc(C(=O)C[C@@H](Sc2ccc(F)cc2)c2ccc(Cl)cc2)cc1. The van der Waals surface area contributed by atoms with Gasteiger partial charge in [0.05, 0.1) is 7.11 Å². The molecule has 3 aromatic carbocycles. The van der Waals surface area contributed by atoms with Gasteiger partial charge < -0.3 is 4.74 Å². The second-order valence-corrected chi connectivity index (χ2v) is 7.68. The molecule has 2 nitrogen and oxygen atoms in total. The van der Waals surface area contributed by atoms with Crippen molar-refractivity contribution >= 4 is 29.1 Å². The van der Waals surface area contributed by atoms with Crippen molar-refractivity contribution in [3.63, 3.8) is 0 Å². The van der Waals surface area contributed by atoms with Crippen molar-refractivity contribution in [2.45, 2.75) is 16.6 Å². The zero-order chi connectivity index (χ0) is 19.2. The van der Waals surface area contributed by atoms with Crippen LogP contribution in [0.1, 0.15) is 27.6 Å². The summed E-state index contributed by atoms with van der Waals surface area (Å²) in [6.07, 6.45) is 0.315. The van der Waals surface area contributed by atoms with Gasteiger partial charge in [-0.2, -0.15) is 0 Å². The summed E-state index contributed by atoms with van der Waals surface area (Å²) in [4.78, 5) is 13.7. The van der Waals surface area contributed by atoms with Crippen molar-refractivity contribution in [3.8, 4) is 5.75 Å². The van der Waals surface area contributed by atoms with Crippen LogP contribution in [-0.4, -0.2) is 12.9 Å². The molecule has 0 saturated carbocycles. The molecule has 0 N–H and O–H groups in total. The van der Waals surface area contributed by atoms with E-state index in [4.69, 9.17) is 16.3 Å². The number of thioether (sulfide) groups is 1. The Morgan fingerprint density at radius 3 is 2.22 bits per heavy atom. The van der Waals surface area contributed by atoms with E-state index in [1.165, 1.54) is 23.9 Å². The molecule has 0 fully saturated rings. The van der Waals surface area contributed by atoms with Crippen molar-refractivity contribution in [2.24, 2.45) is 0 Å². The third-order valence-corrected chi connectivity index (χ3v) is 5.64. The molecule has 0 aliphatic heterocycles. The zero-order valence-corrected chi connectivity index (χ0v) is 16.3. The minimum atomic E-state index is -0.281. The molecular formula is C22H18ClFO2S. The first-order chi connectivity index (χ1) is 13.0. The second-order valence-electron chi connectivity index (χ2n) is 5.97. The standard InChI is InChI=1S/C22H18ClFO2S/c1-26-19-10-4-15(5-11-19)21(25)14-22(16-2-6-17(23)7-3-16)27-20-12-8-18(24)9-13-20/h2-13,22H,14H2,1H3/t22-/m1/s1. The highest BCUT2D eigenvalue weighted by atomic mass is 35.5. The molecule has 0 heterocycles. The van der Waals surface area contributed by atoms with Gasteiger partial charge in [0.15, 0.2) is 5.78 Å². The molecule has 138 valence electrons. The minimum absolute atomic E-state index is 0.0345. The van der Waals surface area contributed by atoms with Crippen LogP contribution < -0.4 is 4.74 Å². The number of hydrogen-bond donors (Lipinski definition) is 0. The molecule has 0 spiro atoms. The molecule has 0 unspecified atom stereocenters. The molecule has 27 heavy (non-hydrogen) atoms. The fourth-order valence-electron chi connectivity index (χ4n) is 2.65. The Kier molecular flexibility index (Phi) is 6.54. The maximum absolute atomic E-state index is 13.2. The van der Waals surface area contributed by atoms with Crippen LogP contribution in [0.15, 0.2) is 77.7 Å². The highest BCUT2D eigenvalue weighted by molar-refractivity contribution is 7.99. The fourth-order valence-corrected chi connectivity index (χ4v) is 3.92. The lowest BCUT2D eigenvalue weighted by Gasteiger charge is -2.17. The van der Waals surface area contributed by atoms with Crippen molar-refractivity contribution in [1.82, 2.24) is 0 Å². The van der Waals surface area contributed by atoms with Gasteiger partial charge in [-0.15, -0.1) is 11.8 Å². The Bertz CT molecular complexity index is 893. The topological polar surface area (TPSA) is 26.3 Å². The lowest BCUT2D eigenvalue weighted by atomic mass is 10.0. The summed E-state index contributed by atoms with van der Waals surface area (Å²) in [5.41, 5.74) is 1.63. The molecular weight excluding hydrogens is 383 g/mol. The maximum atomic E-state index is 13.2. The fraction of sp³-hybridized carbons (Fsp3) is 0.136. The van der Waals surface area contributed by atoms with Gasteiger partial charge in [-0.05, 0) is 66.2 Å². The molecule has 0 aliphatic rings. The lowest BCUT2D eigenvalue weighted by Crippen LogP contribution is -2.05. The predicted octanol–water partition coefficient (Wildman–Crippen LogP) is 6.59. The average molecular weight is 401 g/mol. The predicted molar refractivity (Wildman–Crippen MR) is 108 cm³/mol. The summed E-state index contributed by atoms with van der Waals surface area (Å²) >= 11 is 7.53. The molecule has 3 aromatic rings. The first-order valence-electron chi connectivity index (χ1n) is 8.40. The molecule has 5 heteroatoms. The summed E-state index contributed by atoms with van der Waals surface area (Å²) in [5.74, 6) is 0.463. The van der Waals surface area contributed by atoms with E-state index in [1.54, 1.807) is 43.5 Å². The summed E-state index contributed by atoms with van der Waals surface area (Å²) in [6.45, 7) is 0. The van der Waals surface area contributed by atoms with Gasteiger partial charge in [-0.3, -0.25) is 4.79 Å².